The van der Waals surface area contributed by atoms with Crippen molar-refractivity contribution >= 4 is 18.0 Å². The monoisotopic (exact) mass is 345 g/mol. The summed E-state index contributed by atoms with van der Waals surface area (Å²) in [7, 11) is 0. The van der Waals surface area contributed by atoms with Gasteiger partial charge in [-0.1, -0.05) is 30.3 Å². The van der Waals surface area contributed by atoms with Crippen LogP contribution in [-0.2, 0) is 20.9 Å². The molecule has 1 spiro atoms. The number of hydrogen-bond acceptors (Lipinski definition) is 5. The Morgan fingerprint density at radius 1 is 1.20 bits per heavy atom. The molecule has 8 nitrogen and oxygen atoms in total. The van der Waals surface area contributed by atoms with Crippen LogP contribution in [0.4, 0.5) is 9.59 Å². The van der Waals surface area contributed by atoms with Gasteiger partial charge in [-0.25, -0.2) is 9.59 Å². The molecule has 2 unspecified atom stereocenters. The molecule has 1 aromatic rings. The Labute approximate surface area is 144 Å². The summed E-state index contributed by atoms with van der Waals surface area (Å²) in [5.74, 6) is -0.327. The lowest BCUT2D eigenvalue weighted by atomic mass is 9.78. The van der Waals surface area contributed by atoms with E-state index in [1.807, 2.05) is 30.3 Å². The number of morpholine rings is 1. The molecule has 4 amide bonds. The smallest absolute Gasteiger partial charge is 0.410 e. The number of imide groups is 1. The first-order chi connectivity index (χ1) is 12.1. The van der Waals surface area contributed by atoms with E-state index in [1.54, 1.807) is 4.90 Å². The van der Waals surface area contributed by atoms with E-state index in [-0.39, 0.29) is 24.6 Å². The number of piperidine rings is 1. The van der Waals surface area contributed by atoms with E-state index in [0.717, 1.165) is 5.56 Å². The standard InChI is InChI=1S/C17H19N3O5/c21-14-17(19-15(22)18-14)6-12-9-24-10-13(7-17)20(12)16(23)25-8-11-4-2-1-3-5-11/h1-5,12-13H,6-10H2,(H2,18,19,21,22). The number of nitrogens with zero attached hydrogens (tertiary/aromatic N) is 1. The van der Waals surface area contributed by atoms with Gasteiger partial charge in [0.15, 0.2) is 0 Å². The second kappa shape index (κ2) is 6.03. The topological polar surface area (TPSA) is 97.0 Å². The second-order valence-electron chi connectivity index (χ2n) is 6.69. The van der Waals surface area contributed by atoms with Crippen molar-refractivity contribution in [1.82, 2.24) is 15.5 Å². The Balaban J connectivity index is 1.47. The van der Waals surface area contributed by atoms with Gasteiger partial charge in [0, 0.05) is 12.8 Å². The van der Waals surface area contributed by atoms with Gasteiger partial charge in [-0.3, -0.25) is 15.0 Å². The van der Waals surface area contributed by atoms with E-state index in [9.17, 15) is 14.4 Å². The highest BCUT2D eigenvalue weighted by atomic mass is 16.6. The summed E-state index contributed by atoms with van der Waals surface area (Å²) in [6.07, 6.45) is 0.227. The van der Waals surface area contributed by atoms with E-state index >= 15 is 0 Å². The van der Waals surface area contributed by atoms with Crippen LogP contribution in [0.5, 0.6) is 0 Å². The third-order valence-electron chi connectivity index (χ3n) is 5.01. The quantitative estimate of drug-likeness (QED) is 0.772. The first-order valence-corrected chi connectivity index (χ1v) is 8.28. The van der Waals surface area contributed by atoms with Crippen molar-refractivity contribution in [1.29, 1.82) is 0 Å². The number of carbonyl (C=O) groups is 3. The van der Waals surface area contributed by atoms with Crippen LogP contribution in [0.1, 0.15) is 18.4 Å². The van der Waals surface area contributed by atoms with Crippen LogP contribution in [0.25, 0.3) is 0 Å². The predicted octanol–water partition coefficient (Wildman–Crippen LogP) is 0.765. The van der Waals surface area contributed by atoms with Crippen LogP contribution in [0.2, 0.25) is 0 Å². The van der Waals surface area contributed by atoms with Crippen molar-refractivity contribution in [2.75, 3.05) is 13.2 Å². The van der Waals surface area contributed by atoms with Gasteiger partial charge in [-0.15, -0.1) is 0 Å². The molecule has 3 aliphatic rings. The summed E-state index contributed by atoms with van der Waals surface area (Å²) in [5.41, 5.74) is -0.0416. The number of carbonyl (C=O) groups excluding carboxylic acids is 3. The predicted molar refractivity (Wildman–Crippen MR) is 85.5 cm³/mol. The first kappa shape index (κ1) is 15.9. The average Bonchev–Trinajstić information content (AvgIpc) is 2.86. The Hall–Kier alpha value is -2.61. The van der Waals surface area contributed by atoms with E-state index in [0.29, 0.717) is 26.1 Å². The van der Waals surface area contributed by atoms with Gasteiger partial charge in [-0.05, 0) is 5.56 Å². The molecule has 132 valence electrons. The van der Waals surface area contributed by atoms with Gasteiger partial charge in [-0.2, -0.15) is 0 Å². The Morgan fingerprint density at radius 3 is 2.48 bits per heavy atom. The minimum Gasteiger partial charge on any atom is -0.445 e. The van der Waals surface area contributed by atoms with E-state index in [2.05, 4.69) is 10.6 Å². The molecule has 2 atom stereocenters. The molecule has 8 heteroatoms. The van der Waals surface area contributed by atoms with Crippen molar-refractivity contribution in [2.24, 2.45) is 0 Å². The third-order valence-corrected chi connectivity index (χ3v) is 5.01. The maximum absolute atomic E-state index is 12.6. The molecule has 3 saturated heterocycles. The fraction of sp³-hybridized carbons (Fsp3) is 0.471. The highest BCUT2D eigenvalue weighted by Crippen LogP contribution is 2.36. The van der Waals surface area contributed by atoms with Crippen LogP contribution >= 0.6 is 0 Å². The van der Waals surface area contributed by atoms with Gasteiger partial charge in [0.1, 0.15) is 12.1 Å². The van der Waals surface area contributed by atoms with Crippen molar-refractivity contribution < 1.29 is 23.9 Å². The highest BCUT2D eigenvalue weighted by Gasteiger charge is 2.56. The Kier molecular flexibility index (Phi) is 3.84. The molecule has 3 aliphatic heterocycles. The van der Waals surface area contributed by atoms with Crippen molar-refractivity contribution in [3.63, 3.8) is 0 Å². The van der Waals surface area contributed by atoms with Gasteiger partial charge in [0.05, 0.1) is 25.3 Å². The molecular formula is C17H19N3O5. The second-order valence-corrected chi connectivity index (χ2v) is 6.69. The molecular weight excluding hydrogens is 326 g/mol. The van der Waals surface area contributed by atoms with Crippen molar-refractivity contribution in [3.05, 3.63) is 35.9 Å². The van der Waals surface area contributed by atoms with Gasteiger partial charge in [0.25, 0.3) is 5.91 Å². The Morgan fingerprint density at radius 2 is 1.88 bits per heavy atom. The molecule has 3 heterocycles. The first-order valence-electron chi connectivity index (χ1n) is 8.28. The zero-order valence-electron chi connectivity index (χ0n) is 13.6. The maximum atomic E-state index is 12.6. The van der Waals surface area contributed by atoms with Crippen LogP contribution in [-0.4, -0.2) is 53.8 Å². The minimum absolute atomic E-state index is 0.193. The van der Waals surface area contributed by atoms with E-state index < -0.39 is 17.7 Å². The van der Waals surface area contributed by atoms with Crippen LogP contribution in [0.3, 0.4) is 0 Å². The summed E-state index contributed by atoms with van der Waals surface area (Å²) >= 11 is 0. The molecule has 4 rings (SSSR count). The molecule has 2 bridgehead atoms. The largest absolute Gasteiger partial charge is 0.445 e. The van der Waals surface area contributed by atoms with Crippen LogP contribution in [0.15, 0.2) is 30.3 Å². The van der Waals surface area contributed by atoms with E-state index in [4.69, 9.17) is 9.47 Å². The van der Waals surface area contributed by atoms with Crippen molar-refractivity contribution in [3.8, 4) is 0 Å². The number of rotatable bonds is 2. The highest BCUT2D eigenvalue weighted by molar-refractivity contribution is 6.07. The summed E-state index contributed by atoms with van der Waals surface area (Å²) < 4.78 is 11.0. The number of benzene rings is 1. The lowest BCUT2D eigenvalue weighted by molar-refractivity contribution is -0.133. The third kappa shape index (κ3) is 2.82. The van der Waals surface area contributed by atoms with Crippen LogP contribution in [0, 0.1) is 0 Å². The molecule has 25 heavy (non-hydrogen) atoms. The zero-order valence-corrected chi connectivity index (χ0v) is 13.6. The van der Waals surface area contributed by atoms with Gasteiger partial charge >= 0.3 is 12.1 Å². The summed E-state index contributed by atoms with van der Waals surface area (Å²) in [6.45, 7) is 0.836. The molecule has 1 aromatic carbocycles. The maximum Gasteiger partial charge on any atom is 0.410 e. The molecule has 0 radical (unpaired) electrons. The molecule has 0 saturated carbocycles. The van der Waals surface area contributed by atoms with Crippen molar-refractivity contribution in [2.45, 2.75) is 37.1 Å². The molecule has 2 N–H and O–H groups in total. The summed E-state index contributed by atoms with van der Waals surface area (Å²) in [6, 6.07) is 8.36. The summed E-state index contributed by atoms with van der Waals surface area (Å²) in [5, 5.41) is 5.02. The summed E-state index contributed by atoms with van der Waals surface area (Å²) in [4.78, 5) is 38.0. The normalized spacial score (nSPS) is 30.8. The lowest BCUT2D eigenvalue weighted by Crippen LogP contribution is -2.67. The number of urea groups is 1. The number of amides is 4. The van der Waals surface area contributed by atoms with Crippen LogP contribution < -0.4 is 10.6 Å². The molecule has 0 aliphatic carbocycles. The fourth-order valence-electron chi connectivity index (χ4n) is 3.91. The number of nitrogens with one attached hydrogen (secondary N) is 2. The fourth-order valence-corrected chi connectivity index (χ4v) is 3.91. The SMILES string of the molecule is O=C1NC(=O)C2(CC3COCC(C2)N3C(=O)OCc2ccccc2)N1. The molecule has 3 fully saturated rings. The molecule has 0 aromatic heterocycles. The lowest BCUT2D eigenvalue weighted by Gasteiger charge is -2.50. The van der Waals surface area contributed by atoms with Gasteiger partial charge < -0.3 is 14.8 Å². The number of fused-ring (bicyclic) bond motifs is 2. The minimum atomic E-state index is -0.952. The number of hydrogen-bond donors (Lipinski definition) is 2. The van der Waals surface area contributed by atoms with Gasteiger partial charge in [0.2, 0.25) is 0 Å². The average molecular weight is 345 g/mol. The zero-order chi connectivity index (χ0) is 17.4. The van der Waals surface area contributed by atoms with E-state index in [1.165, 1.54) is 0 Å². The number of ether oxygens (including phenoxy) is 2. The Bertz CT molecular complexity index is 693.